The lowest BCUT2D eigenvalue weighted by atomic mass is 10.2. The summed E-state index contributed by atoms with van der Waals surface area (Å²) in [7, 11) is 0. The highest BCUT2D eigenvalue weighted by Gasteiger charge is 2.07. The molecule has 3 nitrogen and oxygen atoms in total. The monoisotopic (exact) mass is 339 g/mol. The minimum absolute atomic E-state index is 0.227. The molecular weight excluding hydrogens is 330 g/mol. The van der Waals surface area contributed by atoms with Crippen LogP contribution in [0.15, 0.2) is 53.0 Å². The van der Waals surface area contributed by atoms with Crippen LogP contribution in [-0.4, -0.2) is 6.09 Å². The molecule has 0 atom stereocenters. The molecule has 0 aliphatic rings. The summed E-state index contributed by atoms with van der Waals surface area (Å²) in [5.41, 5.74) is 1.51. The van der Waals surface area contributed by atoms with Gasteiger partial charge in [0, 0.05) is 9.50 Å². The van der Waals surface area contributed by atoms with Crippen LogP contribution in [0.1, 0.15) is 5.56 Å². The maximum atomic E-state index is 11.7. The molecule has 1 N–H and O–H groups in total. The summed E-state index contributed by atoms with van der Waals surface area (Å²) >= 11 is 9.19. The van der Waals surface area contributed by atoms with Gasteiger partial charge in [0.15, 0.2) is 0 Å². The number of carbonyl (C=O) groups is 1. The first-order valence-corrected chi connectivity index (χ1v) is 6.75. The van der Waals surface area contributed by atoms with Crippen molar-refractivity contribution >= 4 is 39.3 Å². The van der Waals surface area contributed by atoms with Crippen molar-refractivity contribution in [1.29, 1.82) is 0 Å². The van der Waals surface area contributed by atoms with E-state index in [1.807, 2.05) is 30.3 Å². The Morgan fingerprint density at radius 2 is 1.95 bits per heavy atom. The molecule has 2 aromatic rings. The van der Waals surface area contributed by atoms with Gasteiger partial charge in [-0.2, -0.15) is 0 Å². The third kappa shape index (κ3) is 4.26. The van der Waals surface area contributed by atoms with Gasteiger partial charge in [-0.05, 0) is 39.7 Å². The van der Waals surface area contributed by atoms with E-state index >= 15 is 0 Å². The summed E-state index contributed by atoms with van der Waals surface area (Å²) in [6.45, 7) is 0.227. The van der Waals surface area contributed by atoms with Crippen molar-refractivity contribution in [3.8, 4) is 0 Å². The number of halogens is 2. The van der Waals surface area contributed by atoms with Gasteiger partial charge in [0.25, 0.3) is 0 Å². The van der Waals surface area contributed by atoms with Crippen molar-refractivity contribution in [3.05, 3.63) is 63.6 Å². The summed E-state index contributed by atoms with van der Waals surface area (Å²) in [6, 6.07) is 14.6. The van der Waals surface area contributed by atoms with Crippen molar-refractivity contribution < 1.29 is 9.53 Å². The molecule has 19 heavy (non-hydrogen) atoms. The summed E-state index contributed by atoms with van der Waals surface area (Å²) < 4.78 is 5.86. The molecule has 0 aliphatic heterocycles. The number of carbonyl (C=O) groups excluding carboxylic acids is 1. The third-order valence-corrected chi connectivity index (χ3v) is 3.30. The van der Waals surface area contributed by atoms with E-state index in [-0.39, 0.29) is 6.61 Å². The van der Waals surface area contributed by atoms with Crippen LogP contribution < -0.4 is 5.32 Å². The second-order valence-corrected chi connectivity index (χ2v) is 5.10. The Balaban J connectivity index is 1.93. The SMILES string of the molecule is O=C(Nc1cc(Cl)ccc1Br)OCc1ccccc1. The average Bonchev–Trinajstić information content (AvgIpc) is 2.42. The summed E-state index contributed by atoms with van der Waals surface area (Å²) in [6.07, 6.45) is -0.521. The zero-order valence-electron chi connectivity index (χ0n) is 9.90. The fourth-order valence-corrected chi connectivity index (χ4v) is 1.98. The quantitative estimate of drug-likeness (QED) is 0.867. The Morgan fingerprint density at radius 3 is 2.68 bits per heavy atom. The molecule has 0 radical (unpaired) electrons. The fraction of sp³-hybridized carbons (Fsp3) is 0.0714. The molecule has 0 aromatic heterocycles. The Bertz CT molecular complexity index is 575. The van der Waals surface area contributed by atoms with Crippen molar-refractivity contribution in [3.63, 3.8) is 0 Å². The van der Waals surface area contributed by atoms with Gasteiger partial charge in [-0.25, -0.2) is 4.79 Å². The molecule has 2 aromatic carbocycles. The van der Waals surface area contributed by atoms with Gasteiger partial charge in [-0.1, -0.05) is 41.9 Å². The lowest BCUT2D eigenvalue weighted by Gasteiger charge is -2.09. The van der Waals surface area contributed by atoms with Crippen LogP contribution in [-0.2, 0) is 11.3 Å². The molecule has 5 heteroatoms. The molecule has 0 heterocycles. The van der Waals surface area contributed by atoms with Gasteiger partial charge in [-0.15, -0.1) is 0 Å². The number of rotatable bonds is 3. The second-order valence-electron chi connectivity index (χ2n) is 3.81. The number of anilines is 1. The standard InChI is InChI=1S/C14H11BrClNO2/c15-12-7-6-11(16)8-13(12)17-14(18)19-9-10-4-2-1-3-5-10/h1-8H,9H2,(H,17,18). The van der Waals surface area contributed by atoms with Crippen molar-refractivity contribution in [2.24, 2.45) is 0 Å². The van der Waals surface area contributed by atoms with Crippen LogP contribution in [0.25, 0.3) is 0 Å². The van der Waals surface area contributed by atoms with E-state index in [1.54, 1.807) is 18.2 Å². The zero-order valence-corrected chi connectivity index (χ0v) is 12.2. The topological polar surface area (TPSA) is 38.3 Å². The first kappa shape index (κ1) is 13.9. The number of ether oxygens (including phenoxy) is 1. The van der Waals surface area contributed by atoms with Gasteiger partial charge in [0.2, 0.25) is 0 Å². The molecule has 0 spiro atoms. The maximum Gasteiger partial charge on any atom is 0.411 e. The predicted octanol–water partition coefficient (Wildman–Crippen LogP) is 4.85. The van der Waals surface area contributed by atoms with E-state index in [9.17, 15) is 4.79 Å². The molecule has 1 amide bonds. The highest BCUT2D eigenvalue weighted by atomic mass is 79.9. The summed E-state index contributed by atoms with van der Waals surface area (Å²) in [5, 5.41) is 3.17. The predicted molar refractivity (Wildman–Crippen MR) is 79.4 cm³/mol. The number of nitrogens with one attached hydrogen (secondary N) is 1. The smallest absolute Gasteiger partial charge is 0.411 e. The van der Waals surface area contributed by atoms with Gasteiger partial charge < -0.3 is 4.74 Å². The van der Waals surface area contributed by atoms with Crippen LogP contribution in [0.5, 0.6) is 0 Å². The molecule has 98 valence electrons. The van der Waals surface area contributed by atoms with Gasteiger partial charge in [0.1, 0.15) is 6.61 Å². The van der Waals surface area contributed by atoms with E-state index in [0.717, 1.165) is 10.0 Å². The van der Waals surface area contributed by atoms with Crippen LogP contribution in [0, 0.1) is 0 Å². The van der Waals surface area contributed by atoms with Crippen LogP contribution >= 0.6 is 27.5 Å². The number of hydrogen-bond donors (Lipinski definition) is 1. The Morgan fingerprint density at radius 1 is 1.21 bits per heavy atom. The van der Waals surface area contributed by atoms with Crippen molar-refractivity contribution in [2.45, 2.75) is 6.61 Å². The molecule has 0 fully saturated rings. The lowest BCUT2D eigenvalue weighted by Crippen LogP contribution is -2.13. The highest BCUT2D eigenvalue weighted by Crippen LogP contribution is 2.26. The zero-order chi connectivity index (χ0) is 13.7. The van der Waals surface area contributed by atoms with Gasteiger partial charge in [0.05, 0.1) is 5.69 Å². The number of amides is 1. The first-order valence-electron chi connectivity index (χ1n) is 5.58. The molecule has 2 rings (SSSR count). The molecular formula is C14H11BrClNO2. The van der Waals surface area contributed by atoms with Gasteiger partial charge >= 0.3 is 6.09 Å². The minimum Gasteiger partial charge on any atom is -0.444 e. The Kier molecular flexibility index (Phi) is 4.82. The third-order valence-electron chi connectivity index (χ3n) is 2.38. The van der Waals surface area contributed by atoms with Crippen molar-refractivity contribution in [1.82, 2.24) is 0 Å². The van der Waals surface area contributed by atoms with Crippen LogP contribution in [0.2, 0.25) is 5.02 Å². The second kappa shape index (κ2) is 6.59. The van der Waals surface area contributed by atoms with Crippen LogP contribution in [0.4, 0.5) is 10.5 Å². The molecule has 0 unspecified atom stereocenters. The number of hydrogen-bond acceptors (Lipinski definition) is 2. The lowest BCUT2D eigenvalue weighted by molar-refractivity contribution is 0.155. The fourth-order valence-electron chi connectivity index (χ4n) is 1.46. The number of benzene rings is 2. The Labute approximate surface area is 124 Å². The van der Waals surface area contributed by atoms with E-state index in [1.165, 1.54) is 0 Å². The van der Waals surface area contributed by atoms with E-state index < -0.39 is 6.09 Å². The molecule has 0 saturated heterocycles. The Hall–Kier alpha value is -1.52. The van der Waals surface area contributed by atoms with E-state index in [0.29, 0.717) is 10.7 Å². The molecule has 0 saturated carbocycles. The van der Waals surface area contributed by atoms with E-state index in [2.05, 4.69) is 21.2 Å². The summed E-state index contributed by atoms with van der Waals surface area (Å²) in [5.74, 6) is 0. The maximum absolute atomic E-state index is 11.7. The molecule has 0 bridgehead atoms. The minimum atomic E-state index is -0.521. The largest absolute Gasteiger partial charge is 0.444 e. The normalized spacial score (nSPS) is 10.0. The average molecular weight is 341 g/mol. The first-order chi connectivity index (χ1) is 9.15. The molecule has 0 aliphatic carbocycles. The van der Waals surface area contributed by atoms with Crippen LogP contribution in [0.3, 0.4) is 0 Å². The van der Waals surface area contributed by atoms with E-state index in [4.69, 9.17) is 16.3 Å². The highest BCUT2D eigenvalue weighted by molar-refractivity contribution is 9.10. The van der Waals surface area contributed by atoms with Gasteiger partial charge in [-0.3, -0.25) is 5.32 Å². The van der Waals surface area contributed by atoms with Crippen molar-refractivity contribution in [2.75, 3.05) is 5.32 Å². The summed E-state index contributed by atoms with van der Waals surface area (Å²) in [4.78, 5) is 11.7.